The van der Waals surface area contributed by atoms with E-state index in [-0.39, 0.29) is 38.0 Å². The van der Waals surface area contributed by atoms with E-state index in [0.717, 1.165) is 128 Å². The average Bonchev–Trinajstić information content (AvgIpc) is 3.45. The van der Waals surface area contributed by atoms with Crippen molar-refractivity contribution in [1.29, 1.82) is 0 Å². The number of ether oxygens (including phenoxy) is 3. The van der Waals surface area contributed by atoms with E-state index < -0.39 is 12.1 Å². The maximum atomic E-state index is 12.8. The lowest BCUT2D eigenvalue weighted by Gasteiger charge is -2.18. The molecule has 0 spiro atoms. The lowest BCUT2D eigenvalue weighted by molar-refractivity contribution is -0.166. The van der Waals surface area contributed by atoms with Gasteiger partial charge in [-0.25, -0.2) is 0 Å². The molecule has 0 saturated heterocycles. The molecular weight excluding hydrogens is 973 g/mol. The molecule has 0 aliphatic carbocycles. The van der Waals surface area contributed by atoms with E-state index in [1.807, 2.05) is 24.3 Å². The summed E-state index contributed by atoms with van der Waals surface area (Å²) in [6.07, 6.45) is 98.9. The molecule has 0 aliphatic heterocycles. The van der Waals surface area contributed by atoms with Crippen LogP contribution in [-0.4, -0.2) is 37.2 Å². The van der Waals surface area contributed by atoms with E-state index in [9.17, 15) is 14.4 Å². The highest BCUT2D eigenvalue weighted by molar-refractivity contribution is 5.71. The summed E-state index contributed by atoms with van der Waals surface area (Å²) in [5.41, 5.74) is 0. The number of hydrogen-bond donors (Lipinski definition) is 0. The molecule has 1 atom stereocenters. The van der Waals surface area contributed by atoms with E-state index in [0.29, 0.717) is 19.3 Å². The molecular formula is C73H110O6. The van der Waals surface area contributed by atoms with Gasteiger partial charge in [-0.3, -0.25) is 14.4 Å². The van der Waals surface area contributed by atoms with Gasteiger partial charge in [0.05, 0.1) is 0 Å². The normalized spacial score (nSPS) is 13.5. The summed E-state index contributed by atoms with van der Waals surface area (Å²) in [6.45, 7) is 6.14. The zero-order valence-corrected chi connectivity index (χ0v) is 50.0. The molecule has 0 N–H and O–H groups in total. The highest BCUT2D eigenvalue weighted by Gasteiger charge is 2.19. The van der Waals surface area contributed by atoms with Gasteiger partial charge in [0.2, 0.25) is 0 Å². The zero-order chi connectivity index (χ0) is 57.1. The minimum atomic E-state index is -0.861. The van der Waals surface area contributed by atoms with Crippen LogP contribution in [0.15, 0.2) is 194 Å². The van der Waals surface area contributed by atoms with Crippen LogP contribution in [0.2, 0.25) is 0 Å². The van der Waals surface area contributed by atoms with Crippen LogP contribution in [0.4, 0.5) is 0 Å². The molecule has 79 heavy (non-hydrogen) atoms. The summed E-state index contributed by atoms with van der Waals surface area (Å²) in [4.78, 5) is 38.2. The fraction of sp³-hybridized carbons (Fsp3) is 0.521. The topological polar surface area (TPSA) is 78.9 Å². The maximum absolute atomic E-state index is 12.8. The highest BCUT2D eigenvalue weighted by atomic mass is 16.6. The van der Waals surface area contributed by atoms with Crippen LogP contribution in [0.3, 0.4) is 0 Å². The number of esters is 3. The van der Waals surface area contributed by atoms with Crippen LogP contribution in [-0.2, 0) is 28.6 Å². The zero-order valence-electron chi connectivity index (χ0n) is 50.0. The first kappa shape index (κ1) is 73.2. The van der Waals surface area contributed by atoms with Crippen molar-refractivity contribution in [2.45, 2.75) is 232 Å². The Hall–Kier alpha value is -5.75. The van der Waals surface area contributed by atoms with Crippen LogP contribution >= 0.6 is 0 Å². The van der Waals surface area contributed by atoms with Gasteiger partial charge in [-0.1, -0.05) is 267 Å². The molecule has 0 saturated carbocycles. The predicted octanol–water partition coefficient (Wildman–Crippen LogP) is 21.4. The van der Waals surface area contributed by atoms with Crippen molar-refractivity contribution < 1.29 is 28.6 Å². The van der Waals surface area contributed by atoms with Gasteiger partial charge in [0.25, 0.3) is 0 Å². The Morgan fingerprint density at radius 2 is 0.481 bits per heavy atom. The largest absolute Gasteiger partial charge is 0.462 e. The standard InChI is InChI=1S/C73H110O6/c1-4-7-10-13-16-19-22-25-27-29-31-32-33-34-35-36-37-38-39-40-42-43-45-48-51-54-57-60-63-66-72(75)78-69-70(68-77-71(74)65-62-59-56-53-50-47-24-21-18-15-12-9-6-3)79-73(76)67-64-61-58-55-52-49-46-44-41-30-28-26-23-20-17-14-11-8-5-2/h7-12,16-21,25-28,31-32,34-35,37-38,41,44,47,49-50,52,56,58-59,61,70H,4-6,13-15,22-24,29-30,33,36,39-40,42-43,45-46,48,51,53-55,57,60,62-69H2,1-3H3/b10-7-,11-8-,12-9-,19-16-,20-17-,21-18-,27-25-,28-26-,32-31-,35-34-,38-37-,44-41-,50-47-,52-49-,59-56-,61-58-. The van der Waals surface area contributed by atoms with Crippen LogP contribution in [0.1, 0.15) is 226 Å². The smallest absolute Gasteiger partial charge is 0.306 e. The molecule has 6 nitrogen and oxygen atoms in total. The molecule has 0 heterocycles. The lowest BCUT2D eigenvalue weighted by Crippen LogP contribution is -2.30. The monoisotopic (exact) mass is 1080 g/mol. The molecule has 0 aromatic carbocycles. The molecule has 0 aliphatic rings. The Morgan fingerprint density at radius 3 is 0.785 bits per heavy atom. The number of rotatable bonds is 53. The van der Waals surface area contributed by atoms with Crippen molar-refractivity contribution in [2.24, 2.45) is 0 Å². The van der Waals surface area contributed by atoms with Crippen molar-refractivity contribution in [3.8, 4) is 0 Å². The van der Waals surface area contributed by atoms with Gasteiger partial charge < -0.3 is 14.2 Å². The van der Waals surface area contributed by atoms with E-state index >= 15 is 0 Å². The van der Waals surface area contributed by atoms with Crippen LogP contribution in [0.25, 0.3) is 0 Å². The van der Waals surface area contributed by atoms with Crippen molar-refractivity contribution in [3.05, 3.63) is 194 Å². The molecule has 0 aromatic heterocycles. The van der Waals surface area contributed by atoms with Crippen molar-refractivity contribution in [1.82, 2.24) is 0 Å². The summed E-state index contributed by atoms with van der Waals surface area (Å²) in [6, 6.07) is 0. The minimum absolute atomic E-state index is 0.143. The van der Waals surface area contributed by atoms with Gasteiger partial charge in [-0.15, -0.1) is 0 Å². The lowest BCUT2D eigenvalue weighted by atomic mass is 10.1. The maximum Gasteiger partial charge on any atom is 0.306 e. The molecule has 0 amide bonds. The van der Waals surface area contributed by atoms with E-state index in [1.165, 1.54) is 44.9 Å². The third-order valence-corrected chi connectivity index (χ3v) is 12.1. The number of unbranched alkanes of at least 4 members (excludes halogenated alkanes) is 10. The third-order valence-electron chi connectivity index (χ3n) is 12.1. The van der Waals surface area contributed by atoms with Crippen molar-refractivity contribution >= 4 is 17.9 Å². The predicted molar refractivity (Wildman–Crippen MR) is 343 cm³/mol. The highest BCUT2D eigenvalue weighted by Crippen LogP contribution is 2.13. The molecule has 0 rings (SSSR count). The number of carbonyl (C=O) groups excluding carboxylic acids is 3. The van der Waals surface area contributed by atoms with E-state index in [4.69, 9.17) is 14.2 Å². The Bertz CT molecular complexity index is 1920. The average molecular weight is 1080 g/mol. The number of carbonyl (C=O) groups is 3. The van der Waals surface area contributed by atoms with Gasteiger partial charge in [0.1, 0.15) is 13.2 Å². The van der Waals surface area contributed by atoms with Gasteiger partial charge >= 0.3 is 17.9 Å². The van der Waals surface area contributed by atoms with Crippen LogP contribution in [0.5, 0.6) is 0 Å². The quantitative estimate of drug-likeness (QED) is 0.0261. The summed E-state index contributed by atoms with van der Waals surface area (Å²) < 4.78 is 16.7. The fourth-order valence-electron chi connectivity index (χ4n) is 7.60. The van der Waals surface area contributed by atoms with Gasteiger partial charge in [-0.05, 0) is 135 Å². The number of allylic oxidation sites excluding steroid dienone is 32. The number of hydrogen-bond acceptors (Lipinski definition) is 6. The third kappa shape index (κ3) is 63.0. The summed E-state index contributed by atoms with van der Waals surface area (Å²) in [7, 11) is 0. The van der Waals surface area contributed by atoms with E-state index in [2.05, 4.69) is 191 Å². The summed E-state index contributed by atoms with van der Waals surface area (Å²) in [5, 5.41) is 0. The Morgan fingerprint density at radius 1 is 0.253 bits per heavy atom. The second kappa shape index (κ2) is 64.8. The molecule has 438 valence electrons. The Balaban J connectivity index is 4.47. The second-order valence-corrected chi connectivity index (χ2v) is 19.5. The van der Waals surface area contributed by atoms with Crippen LogP contribution < -0.4 is 0 Å². The molecule has 1 unspecified atom stereocenters. The van der Waals surface area contributed by atoms with Crippen molar-refractivity contribution in [3.63, 3.8) is 0 Å². The second-order valence-electron chi connectivity index (χ2n) is 19.5. The molecule has 0 fully saturated rings. The van der Waals surface area contributed by atoms with Crippen LogP contribution in [0, 0.1) is 0 Å². The molecule has 6 heteroatoms. The van der Waals surface area contributed by atoms with Gasteiger partial charge in [-0.2, -0.15) is 0 Å². The molecule has 0 aromatic rings. The first-order valence-corrected chi connectivity index (χ1v) is 30.9. The Kier molecular flexibility index (Phi) is 60.1. The first-order valence-electron chi connectivity index (χ1n) is 30.9. The Labute approximate surface area is 484 Å². The van der Waals surface area contributed by atoms with Crippen molar-refractivity contribution in [2.75, 3.05) is 13.2 Å². The first-order chi connectivity index (χ1) is 39.0. The summed E-state index contributed by atoms with van der Waals surface area (Å²) in [5.74, 6) is -1.13. The fourth-order valence-corrected chi connectivity index (χ4v) is 7.60. The van der Waals surface area contributed by atoms with Gasteiger partial charge in [0, 0.05) is 19.3 Å². The molecule has 0 bridgehead atoms. The SMILES string of the molecule is CC/C=C\C/C=C\C/C=C\C/C=C\C/C=C\C/C=C\CCCCCCCCCCCCC(=O)OCC(COC(=O)CC/C=C\C/C=C\C/C=C\C/C=C\CC)OC(=O)CC/C=C\C/C=C\C/C=C\C/C=C\C/C=C\C/C=C\CC. The van der Waals surface area contributed by atoms with E-state index in [1.54, 1.807) is 0 Å². The summed E-state index contributed by atoms with van der Waals surface area (Å²) >= 11 is 0. The van der Waals surface area contributed by atoms with Gasteiger partial charge in [0.15, 0.2) is 6.10 Å². The molecule has 0 radical (unpaired) electrons. The minimum Gasteiger partial charge on any atom is -0.462 e.